The topological polar surface area (TPSA) is 55.8 Å². The Morgan fingerprint density at radius 1 is 1.21 bits per heavy atom. The van der Waals surface area contributed by atoms with Crippen LogP contribution in [-0.2, 0) is 4.79 Å². The highest BCUT2D eigenvalue weighted by Crippen LogP contribution is 2.23. The lowest BCUT2D eigenvalue weighted by Crippen LogP contribution is -2.57. The van der Waals surface area contributed by atoms with E-state index in [4.69, 9.17) is 0 Å². The Hall–Kier alpha value is -1.66. The largest absolute Gasteiger partial charge is 0.390 e. The van der Waals surface area contributed by atoms with E-state index in [0.29, 0.717) is 24.8 Å². The third-order valence-electron chi connectivity index (χ3n) is 5.17. The van der Waals surface area contributed by atoms with Crippen LogP contribution >= 0.6 is 0 Å². The van der Waals surface area contributed by atoms with Gasteiger partial charge >= 0.3 is 0 Å². The molecule has 2 fully saturated rings. The van der Waals surface area contributed by atoms with E-state index in [1.165, 1.54) is 6.07 Å². The Kier molecular flexibility index (Phi) is 5.36. The number of likely N-dealkylation sites (tertiary alicyclic amines) is 1. The molecule has 2 aliphatic rings. The molecule has 132 valence electrons. The molecule has 0 saturated carbocycles. The molecule has 0 radical (unpaired) electrons. The van der Waals surface area contributed by atoms with Crippen LogP contribution in [0, 0.1) is 5.82 Å². The number of β-amino-alcohol motifs (C(OH)–C–C–N with tert-alkyl or cyclic N) is 1. The van der Waals surface area contributed by atoms with E-state index in [1.807, 2.05) is 12.1 Å². The van der Waals surface area contributed by atoms with Crippen molar-refractivity contribution in [2.24, 2.45) is 0 Å². The van der Waals surface area contributed by atoms with Crippen molar-refractivity contribution in [3.8, 4) is 0 Å². The maximum atomic E-state index is 13.9. The average Bonchev–Trinajstić information content (AvgIpc) is 2.58. The second kappa shape index (κ2) is 7.49. The molecular weight excluding hydrogens is 309 g/mol. The highest BCUT2D eigenvalue weighted by Gasteiger charge is 2.31. The standard InChI is InChI=1S/C18H26FN3O2/c1-13(23)22-11-8-16(18(24)12-22)20-14-6-9-21(10-7-14)17-5-3-2-4-15(17)19/h2-5,14,16,18,20,24H,6-12H2,1H3/t16-,18-/m1/s1. The lowest BCUT2D eigenvalue weighted by Gasteiger charge is -2.40. The molecule has 0 aromatic heterocycles. The molecular formula is C18H26FN3O2. The third-order valence-corrected chi connectivity index (χ3v) is 5.17. The molecule has 0 unspecified atom stereocenters. The second-order valence-corrected chi connectivity index (χ2v) is 6.81. The smallest absolute Gasteiger partial charge is 0.219 e. The average molecular weight is 335 g/mol. The molecule has 5 nitrogen and oxygen atoms in total. The number of benzene rings is 1. The number of amides is 1. The van der Waals surface area contributed by atoms with Gasteiger partial charge in [0.2, 0.25) is 5.91 Å². The van der Waals surface area contributed by atoms with Crippen molar-refractivity contribution in [2.75, 3.05) is 31.1 Å². The molecule has 0 spiro atoms. The summed E-state index contributed by atoms with van der Waals surface area (Å²) in [6.07, 6.45) is 2.10. The maximum Gasteiger partial charge on any atom is 0.219 e. The van der Waals surface area contributed by atoms with Crippen molar-refractivity contribution >= 4 is 11.6 Å². The van der Waals surface area contributed by atoms with Gasteiger partial charge in [-0.15, -0.1) is 0 Å². The molecule has 0 aliphatic carbocycles. The number of aliphatic hydroxyl groups excluding tert-OH is 1. The number of halogens is 1. The van der Waals surface area contributed by atoms with E-state index in [0.717, 1.165) is 32.4 Å². The van der Waals surface area contributed by atoms with Crippen molar-refractivity contribution in [1.82, 2.24) is 10.2 Å². The van der Waals surface area contributed by atoms with Crippen LogP contribution in [-0.4, -0.2) is 60.3 Å². The van der Waals surface area contributed by atoms with E-state index in [1.54, 1.807) is 17.9 Å². The fourth-order valence-corrected chi connectivity index (χ4v) is 3.71. The monoisotopic (exact) mass is 335 g/mol. The van der Waals surface area contributed by atoms with Crippen LogP contribution in [0.25, 0.3) is 0 Å². The van der Waals surface area contributed by atoms with E-state index in [-0.39, 0.29) is 17.8 Å². The quantitative estimate of drug-likeness (QED) is 0.876. The summed E-state index contributed by atoms with van der Waals surface area (Å²) in [6, 6.07) is 7.26. The van der Waals surface area contributed by atoms with Crippen molar-refractivity contribution in [3.63, 3.8) is 0 Å². The van der Waals surface area contributed by atoms with Gasteiger partial charge in [-0.1, -0.05) is 12.1 Å². The van der Waals surface area contributed by atoms with Crippen LogP contribution in [0.5, 0.6) is 0 Å². The Labute approximate surface area is 142 Å². The van der Waals surface area contributed by atoms with Crippen LogP contribution in [0.2, 0.25) is 0 Å². The normalized spacial score (nSPS) is 25.8. The summed E-state index contributed by atoms with van der Waals surface area (Å²) >= 11 is 0. The van der Waals surface area contributed by atoms with Gasteiger partial charge in [-0.3, -0.25) is 4.79 Å². The van der Waals surface area contributed by atoms with Crippen LogP contribution in [0.1, 0.15) is 26.2 Å². The van der Waals surface area contributed by atoms with Gasteiger partial charge in [0.25, 0.3) is 0 Å². The van der Waals surface area contributed by atoms with Crippen LogP contribution in [0.15, 0.2) is 24.3 Å². The number of nitrogens with zero attached hydrogens (tertiary/aromatic N) is 2. The zero-order chi connectivity index (χ0) is 17.1. The van der Waals surface area contributed by atoms with Crippen molar-refractivity contribution in [1.29, 1.82) is 0 Å². The zero-order valence-corrected chi connectivity index (χ0v) is 14.1. The number of nitrogens with one attached hydrogen (secondary N) is 1. The number of para-hydroxylation sites is 1. The Morgan fingerprint density at radius 3 is 2.54 bits per heavy atom. The fraction of sp³-hybridized carbons (Fsp3) is 0.611. The molecule has 24 heavy (non-hydrogen) atoms. The maximum absolute atomic E-state index is 13.9. The van der Waals surface area contributed by atoms with Crippen LogP contribution in [0.3, 0.4) is 0 Å². The van der Waals surface area contributed by atoms with Gasteiger partial charge in [-0.2, -0.15) is 0 Å². The third kappa shape index (κ3) is 3.87. The minimum Gasteiger partial charge on any atom is -0.390 e. The van der Waals surface area contributed by atoms with Crippen molar-refractivity contribution in [2.45, 2.75) is 44.4 Å². The van der Waals surface area contributed by atoms with E-state index < -0.39 is 6.10 Å². The molecule has 2 atom stereocenters. The van der Waals surface area contributed by atoms with Gasteiger partial charge in [-0.25, -0.2) is 4.39 Å². The number of carbonyl (C=O) groups excluding carboxylic acids is 1. The molecule has 3 rings (SSSR count). The van der Waals surface area contributed by atoms with E-state index in [9.17, 15) is 14.3 Å². The Morgan fingerprint density at radius 2 is 1.92 bits per heavy atom. The SMILES string of the molecule is CC(=O)N1CC[C@@H](NC2CCN(c3ccccc3F)CC2)[C@H](O)C1. The lowest BCUT2D eigenvalue weighted by atomic mass is 9.97. The highest BCUT2D eigenvalue weighted by atomic mass is 19.1. The molecule has 2 aliphatic heterocycles. The first-order valence-corrected chi connectivity index (χ1v) is 8.73. The van der Waals surface area contributed by atoms with Crippen LogP contribution < -0.4 is 10.2 Å². The predicted octanol–water partition coefficient (Wildman–Crippen LogP) is 1.37. The summed E-state index contributed by atoms with van der Waals surface area (Å²) in [4.78, 5) is 15.2. The molecule has 2 saturated heterocycles. The van der Waals surface area contributed by atoms with Gasteiger partial charge in [0.1, 0.15) is 5.82 Å². The molecule has 0 bridgehead atoms. The summed E-state index contributed by atoms with van der Waals surface area (Å²) in [5.41, 5.74) is 0.672. The van der Waals surface area contributed by atoms with Gasteiger partial charge in [0.05, 0.1) is 11.8 Å². The summed E-state index contributed by atoms with van der Waals surface area (Å²) < 4.78 is 13.9. The first kappa shape index (κ1) is 17.2. The van der Waals surface area contributed by atoms with E-state index in [2.05, 4.69) is 10.2 Å². The number of hydrogen-bond acceptors (Lipinski definition) is 4. The number of carbonyl (C=O) groups is 1. The van der Waals surface area contributed by atoms with Gasteiger partial charge in [-0.05, 0) is 31.4 Å². The number of rotatable bonds is 3. The van der Waals surface area contributed by atoms with Gasteiger partial charge in [0, 0.05) is 45.2 Å². The predicted molar refractivity (Wildman–Crippen MR) is 91.4 cm³/mol. The first-order valence-electron chi connectivity index (χ1n) is 8.73. The van der Waals surface area contributed by atoms with E-state index >= 15 is 0 Å². The summed E-state index contributed by atoms with van der Waals surface area (Å²) in [5, 5.41) is 13.8. The number of anilines is 1. The number of piperidine rings is 2. The molecule has 6 heteroatoms. The lowest BCUT2D eigenvalue weighted by molar-refractivity contribution is -0.132. The zero-order valence-electron chi connectivity index (χ0n) is 14.1. The van der Waals surface area contributed by atoms with Crippen molar-refractivity contribution < 1.29 is 14.3 Å². The fourth-order valence-electron chi connectivity index (χ4n) is 3.71. The molecule has 1 aromatic rings. The van der Waals surface area contributed by atoms with Crippen molar-refractivity contribution in [3.05, 3.63) is 30.1 Å². The summed E-state index contributed by atoms with van der Waals surface area (Å²) in [6.45, 7) is 4.25. The first-order chi connectivity index (χ1) is 11.5. The summed E-state index contributed by atoms with van der Waals surface area (Å²) in [7, 11) is 0. The Bertz CT molecular complexity index is 575. The number of hydrogen-bond donors (Lipinski definition) is 2. The minimum absolute atomic E-state index is 0.0192. The molecule has 2 N–H and O–H groups in total. The second-order valence-electron chi connectivity index (χ2n) is 6.81. The summed E-state index contributed by atoms with van der Waals surface area (Å²) in [5.74, 6) is -0.151. The van der Waals surface area contributed by atoms with Gasteiger partial charge < -0.3 is 20.2 Å². The minimum atomic E-state index is -0.521. The van der Waals surface area contributed by atoms with Crippen LogP contribution in [0.4, 0.5) is 10.1 Å². The molecule has 1 aromatic carbocycles. The number of aliphatic hydroxyl groups is 1. The van der Waals surface area contributed by atoms with Gasteiger partial charge in [0.15, 0.2) is 0 Å². The Balaban J connectivity index is 1.49. The molecule has 2 heterocycles. The highest BCUT2D eigenvalue weighted by molar-refractivity contribution is 5.73. The molecule has 1 amide bonds.